The summed E-state index contributed by atoms with van der Waals surface area (Å²) in [5.74, 6) is -6.10. The van der Waals surface area contributed by atoms with Crippen LogP contribution in [-0.4, -0.2) is 64.2 Å². The van der Waals surface area contributed by atoms with Crippen LogP contribution >= 0.6 is 0 Å². The first kappa shape index (κ1) is 27.1. The van der Waals surface area contributed by atoms with Gasteiger partial charge in [-0.1, -0.05) is 0 Å². The third-order valence-electron chi connectivity index (χ3n) is 3.79. The second kappa shape index (κ2) is 14.1. The molecule has 13 nitrogen and oxygen atoms in total. The fraction of sp³-hybridized carbons (Fsp3) is 0.647. The molecule has 0 spiro atoms. The Morgan fingerprint density at radius 3 is 1.47 bits per heavy atom. The van der Waals surface area contributed by atoms with Gasteiger partial charge in [0.15, 0.2) is 0 Å². The molecule has 0 aromatic carbocycles. The number of rotatable bonds is 14. The Bertz CT molecular complexity index is 652. The van der Waals surface area contributed by atoms with Crippen molar-refractivity contribution in [2.45, 2.75) is 69.5 Å². The van der Waals surface area contributed by atoms with E-state index in [9.17, 15) is 28.8 Å². The Kier molecular flexibility index (Phi) is 12.8. The predicted molar refractivity (Wildman–Crippen MR) is 98.3 cm³/mol. The second-order valence-corrected chi connectivity index (χ2v) is 6.52. The lowest BCUT2D eigenvalue weighted by atomic mass is 10.1. The zero-order chi connectivity index (χ0) is 23.3. The van der Waals surface area contributed by atoms with Crippen LogP contribution in [0.4, 0.5) is 0 Å². The van der Waals surface area contributed by atoms with Crippen molar-refractivity contribution in [3.05, 3.63) is 0 Å². The molecule has 0 bridgehead atoms. The van der Waals surface area contributed by atoms with E-state index >= 15 is 0 Å². The highest BCUT2D eigenvalue weighted by atomic mass is 16.6. The maximum atomic E-state index is 11.6. The van der Waals surface area contributed by atoms with Crippen LogP contribution in [0.15, 0.2) is 0 Å². The maximum Gasteiger partial charge on any atom is 0.320 e. The van der Waals surface area contributed by atoms with Crippen molar-refractivity contribution in [3.8, 4) is 0 Å². The molecule has 0 aliphatic rings. The Morgan fingerprint density at radius 1 is 0.633 bits per heavy atom. The van der Waals surface area contributed by atoms with Crippen molar-refractivity contribution in [3.63, 3.8) is 0 Å². The summed E-state index contributed by atoms with van der Waals surface area (Å²) in [6.45, 7) is 0. The van der Waals surface area contributed by atoms with Gasteiger partial charge in [-0.05, 0) is 25.7 Å². The van der Waals surface area contributed by atoms with Gasteiger partial charge in [0.25, 0.3) is 0 Å². The summed E-state index contributed by atoms with van der Waals surface area (Å²) in [6, 6.07) is -3.19. The fourth-order valence-electron chi connectivity index (χ4n) is 2.07. The molecule has 0 saturated heterocycles. The summed E-state index contributed by atoms with van der Waals surface area (Å²) >= 11 is 0. The van der Waals surface area contributed by atoms with Gasteiger partial charge in [-0.3, -0.25) is 28.8 Å². The number of hydrogen-bond donors (Lipinski definition) is 5. The van der Waals surface area contributed by atoms with Crippen LogP contribution in [0.25, 0.3) is 0 Å². The molecule has 0 rings (SSSR count). The summed E-state index contributed by atoms with van der Waals surface area (Å²) < 4.78 is 9.00. The van der Waals surface area contributed by atoms with Gasteiger partial charge < -0.3 is 36.9 Å². The smallest absolute Gasteiger partial charge is 0.320 e. The first-order valence-corrected chi connectivity index (χ1v) is 9.11. The van der Waals surface area contributed by atoms with Crippen LogP contribution in [0.2, 0.25) is 0 Å². The largest absolute Gasteiger partial charge is 0.480 e. The van der Waals surface area contributed by atoms with Gasteiger partial charge in [0.1, 0.15) is 12.1 Å². The van der Waals surface area contributed by atoms with Gasteiger partial charge in [0.05, 0.1) is 6.42 Å². The molecule has 0 aliphatic heterocycles. The Balaban J connectivity index is 4.00. The quantitative estimate of drug-likeness (QED) is 0.153. The molecule has 0 aromatic rings. The van der Waals surface area contributed by atoms with E-state index in [1.165, 1.54) is 0 Å². The van der Waals surface area contributed by atoms with E-state index < -0.39 is 53.9 Å². The Morgan fingerprint density at radius 2 is 1.03 bits per heavy atom. The predicted octanol–water partition coefficient (Wildman–Crippen LogP) is -1.60. The molecule has 30 heavy (non-hydrogen) atoms. The fourth-order valence-corrected chi connectivity index (χ4v) is 2.07. The van der Waals surface area contributed by atoms with Gasteiger partial charge in [-0.15, -0.1) is 0 Å². The Labute approximate surface area is 171 Å². The molecule has 3 atom stereocenters. The lowest BCUT2D eigenvalue weighted by molar-refractivity contribution is -0.161. The highest BCUT2D eigenvalue weighted by Gasteiger charge is 2.19. The van der Waals surface area contributed by atoms with Crippen LogP contribution in [0, 0.1) is 0 Å². The zero-order valence-electron chi connectivity index (χ0n) is 16.3. The summed E-state index contributed by atoms with van der Waals surface area (Å²) in [5.41, 5.74) is 16.2. The van der Waals surface area contributed by atoms with E-state index in [2.05, 4.69) is 9.47 Å². The minimum Gasteiger partial charge on any atom is -0.480 e. The van der Waals surface area contributed by atoms with E-state index in [0.717, 1.165) is 0 Å². The molecule has 8 N–H and O–H groups in total. The van der Waals surface area contributed by atoms with Crippen molar-refractivity contribution in [2.75, 3.05) is 0 Å². The van der Waals surface area contributed by atoms with Gasteiger partial charge in [-0.25, -0.2) is 0 Å². The molecule has 0 aliphatic carbocycles. The molecule has 0 saturated carbocycles. The Hall–Kier alpha value is -2.90. The van der Waals surface area contributed by atoms with E-state index in [1.54, 1.807) is 0 Å². The minimum atomic E-state index is -1.28. The molecule has 0 fully saturated rings. The number of esters is 4. The van der Waals surface area contributed by atoms with Crippen molar-refractivity contribution < 1.29 is 48.5 Å². The number of carbonyl (C=O) groups excluding carboxylic acids is 4. The minimum absolute atomic E-state index is 0.161. The second-order valence-electron chi connectivity index (χ2n) is 6.52. The SMILES string of the molecule is NC(CCCC(=O)OC(=O)CC[C@H](N)C(=O)O)CC(=O)OC(=O)CC[C@H](N)C(=O)O. The molecule has 170 valence electrons. The van der Waals surface area contributed by atoms with Crippen molar-refractivity contribution in [2.24, 2.45) is 17.2 Å². The molecule has 0 heterocycles. The standard InChI is InChI=1S/C17H27N3O10/c18-9(8-15(24)30-14(23)7-5-11(20)17(27)28)2-1-3-12(21)29-13(22)6-4-10(19)16(25)26/h9-11H,1-8,18-20H2,(H,25,26)(H,27,28)/t9?,10-,11-/m0/s1. The average molecular weight is 433 g/mol. The summed E-state index contributed by atoms with van der Waals surface area (Å²) in [4.78, 5) is 67.0. The maximum absolute atomic E-state index is 11.6. The van der Waals surface area contributed by atoms with Gasteiger partial charge in [0, 0.05) is 25.3 Å². The normalized spacial score (nSPS) is 13.6. The number of carbonyl (C=O) groups is 6. The summed E-state index contributed by atoms with van der Waals surface area (Å²) in [7, 11) is 0. The number of carboxylic acids is 2. The van der Waals surface area contributed by atoms with E-state index in [0.29, 0.717) is 0 Å². The summed E-state index contributed by atoms with van der Waals surface area (Å²) in [6.07, 6.45) is -1.10. The molecule has 0 amide bonds. The van der Waals surface area contributed by atoms with Gasteiger partial charge in [-0.2, -0.15) is 0 Å². The van der Waals surface area contributed by atoms with E-state index in [1.807, 2.05) is 0 Å². The third kappa shape index (κ3) is 13.3. The summed E-state index contributed by atoms with van der Waals surface area (Å²) in [5, 5.41) is 17.2. The van der Waals surface area contributed by atoms with Crippen LogP contribution in [0.3, 0.4) is 0 Å². The van der Waals surface area contributed by atoms with E-state index in [-0.39, 0.29) is 51.4 Å². The first-order valence-electron chi connectivity index (χ1n) is 9.11. The third-order valence-corrected chi connectivity index (χ3v) is 3.79. The lowest BCUT2D eigenvalue weighted by Crippen LogP contribution is -2.31. The average Bonchev–Trinajstić information content (AvgIpc) is 2.63. The molecule has 0 radical (unpaired) electrons. The van der Waals surface area contributed by atoms with E-state index in [4.69, 9.17) is 27.4 Å². The number of hydrogen-bond acceptors (Lipinski definition) is 11. The number of carboxylic acid groups (broad SMARTS) is 2. The van der Waals surface area contributed by atoms with Gasteiger partial charge in [0.2, 0.25) is 0 Å². The van der Waals surface area contributed by atoms with Crippen LogP contribution in [-0.2, 0) is 38.2 Å². The molecule has 1 unspecified atom stereocenters. The highest BCUT2D eigenvalue weighted by Crippen LogP contribution is 2.07. The lowest BCUT2D eigenvalue weighted by Gasteiger charge is -2.11. The first-order chi connectivity index (χ1) is 13.9. The molecule has 0 aromatic heterocycles. The van der Waals surface area contributed by atoms with Crippen molar-refractivity contribution in [1.82, 2.24) is 0 Å². The van der Waals surface area contributed by atoms with Gasteiger partial charge >= 0.3 is 35.8 Å². The number of nitrogens with two attached hydrogens (primary N) is 3. The number of aliphatic carboxylic acids is 2. The zero-order valence-corrected chi connectivity index (χ0v) is 16.3. The van der Waals surface area contributed by atoms with Crippen molar-refractivity contribution >= 4 is 35.8 Å². The van der Waals surface area contributed by atoms with Crippen molar-refractivity contribution in [1.29, 1.82) is 0 Å². The highest BCUT2D eigenvalue weighted by molar-refractivity contribution is 5.86. The monoisotopic (exact) mass is 433 g/mol. The van der Waals surface area contributed by atoms with Crippen LogP contribution in [0.1, 0.15) is 51.4 Å². The molecular formula is C17H27N3O10. The van der Waals surface area contributed by atoms with Crippen LogP contribution in [0.5, 0.6) is 0 Å². The molecular weight excluding hydrogens is 406 g/mol. The number of ether oxygens (including phenoxy) is 2. The topological polar surface area (TPSA) is 239 Å². The molecule has 13 heteroatoms. The van der Waals surface area contributed by atoms with Crippen LogP contribution < -0.4 is 17.2 Å².